The summed E-state index contributed by atoms with van der Waals surface area (Å²) in [6, 6.07) is 15.4. The molecule has 3 aromatic rings. The van der Waals surface area contributed by atoms with Crippen LogP contribution < -0.4 is 10.5 Å². The molecule has 0 bridgehead atoms. The molecule has 0 saturated heterocycles. The SMILES string of the molecule is NCCOc1cccc2c1ccn2S(=O)(=O)c1ccccc1. The van der Waals surface area contributed by atoms with Crippen LogP contribution in [0.4, 0.5) is 0 Å². The Morgan fingerprint density at radius 1 is 1.00 bits per heavy atom. The molecule has 5 nitrogen and oxygen atoms in total. The van der Waals surface area contributed by atoms with Gasteiger partial charge in [0, 0.05) is 18.1 Å². The van der Waals surface area contributed by atoms with Gasteiger partial charge in [-0.1, -0.05) is 24.3 Å². The van der Waals surface area contributed by atoms with Crippen molar-refractivity contribution in [3.63, 3.8) is 0 Å². The van der Waals surface area contributed by atoms with Gasteiger partial charge in [0.05, 0.1) is 10.4 Å². The van der Waals surface area contributed by atoms with Gasteiger partial charge in [-0.15, -0.1) is 0 Å². The minimum absolute atomic E-state index is 0.251. The van der Waals surface area contributed by atoms with Crippen LogP contribution in [0.25, 0.3) is 10.9 Å². The van der Waals surface area contributed by atoms with E-state index in [9.17, 15) is 8.42 Å². The van der Waals surface area contributed by atoms with Crippen LogP contribution in [0.15, 0.2) is 65.7 Å². The molecule has 1 aromatic heterocycles. The van der Waals surface area contributed by atoms with E-state index in [-0.39, 0.29) is 4.90 Å². The summed E-state index contributed by atoms with van der Waals surface area (Å²) in [6.45, 7) is 0.787. The predicted octanol–water partition coefficient (Wildman–Crippen LogP) is 2.22. The summed E-state index contributed by atoms with van der Waals surface area (Å²) in [5.41, 5.74) is 6.03. The van der Waals surface area contributed by atoms with Gasteiger partial charge in [-0.25, -0.2) is 12.4 Å². The molecule has 0 saturated carbocycles. The predicted molar refractivity (Wildman–Crippen MR) is 85.5 cm³/mol. The van der Waals surface area contributed by atoms with Crippen LogP contribution in [0.1, 0.15) is 0 Å². The van der Waals surface area contributed by atoms with Gasteiger partial charge in [0.15, 0.2) is 0 Å². The van der Waals surface area contributed by atoms with Crippen LogP contribution >= 0.6 is 0 Å². The monoisotopic (exact) mass is 316 g/mol. The van der Waals surface area contributed by atoms with E-state index in [0.717, 1.165) is 5.39 Å². The van der Waals surface area contributed by atoms with Crippen molar-refractivity contribution in [3.8, 4) is 5.75 Å². The molecule has 0 aliphatic heterocycles. The number of rotatable bonds is 5. The second-order valence-corrected chi connectivity index (χ2v) is 6.57. The Bertz CT molecular complexity index is 886. The van der Waals surface area contributed by atoms with Crippen LogP contribution in [0.2, 0.25) is 0 Å². The molecule has 0 aliphatic carbocycles. The highest BCUT2D eigenvalue weighted by Gasteiger charge is 2.19. The normalized spacial score (nSPS) is 11.7. The van der Waals surface area contributed by atoms with Gasteiger partial charge >= 0.3 is 0 Å². The van der Waals surface area contributed by atoms with Crippen LogP contribution in [0.3, 0.4) is 0 Å². The first-order valence-corrected chi connectivity index (χ1v) is 8.32. The smallest absolute Gasteiger partial charge is 0.268 e. The summed E-state index contributed by atoms with van der Waals surface area (Å²) < 4.78 is 32.3. The number of aromatic nitrogens is 1. The van der Waals surface area contributed by atoms with Crippen molar-refractivity contribution >= 4 is 20.9 Å². The van der Waals surface area contributed by atoms with E-state index < -0.39 is 10.0 Å². The molecular weight excluding hydrogens is 300 g/mol. The molecule has 1 heterocycles. The van der Waals surface area contributed by atoms with Crippen molar-refractivity contribution < 1.29 is 13.2 Å². The molecule has 22 heavy (non-hydrogen) atoms. The Hall–Kier alpha value is -2.31. The van der Waals surface area contributed by atoms with E-state index in [2.05, 4.69) is 0 Å². The van der Waals surface area contributed by atoms with Gasteiger partial charge in [0.2, 0.25) is 0 Å². The van der Waals surface area contributed by atoms with Gasteiger partial charge in [-0.05, 0) is 30.3 Å². The molecule has 6 heteroatoms. The fourth-order valence-electron chi connectivity index (χ4n) is 2.33. The van der Waals surface area contributed by atoms with E-state index in [1.54, 1.807) is 60.8 Å². The number of fused-ring (bicyclic) bond motifs is 1. The van der Waals surface area contributed by atoms with Gasteiger partial charge in [-0.2, -0.15) is 0 Å². The van der Waals surface area contributed by atoms with Crippen molar-refractivity contribution in [2.45, 2.75) is 4.90 Å². The highest BCUT2D eigenvalue weighted by atomic mass is 32.2. The maximum atomic E-state index is 12.7. The van der Waals surface area contributed by atoms with E-state index in [0.29, 0.717) is 24.4 Å². The van der Waals surface area contributed by atoms with E-state index >= 15 is 0 Å². The third-order valence-electron chi connectivity index (χ3n) is 3.33. The van der Waals surface area contributed by atoms with Crippen molar-refractivity contribution in [3.05, 3.63) is 60.8 Å². The quantitative estimate of drug-likeness (QED) is 0.783. The van der Waals surface area contributed by atoms with Crippen molar-refractivity contribution in [1.29, 1.82) is 0 Å². The van der Waals surface area contributed by atoms with Gasteiger partial charge in [-0.3, -0.25) is 0 Å². The Kier molecular flexibility index (Phi) is 3.87. The molecule has 0 atom stereocenters. The highest BCUT2D eigenvalue weighted by Crippen LogP contribution is 2.29. The summed E-state index contributed by atoms with van der Waals surface area (Å²) in [6.07, 6.45) is 1.54. The van der Waals surface area contributed by atoms with Gasteiger partial charge in [0.1, 0.15) is 12.4 Å². The minimum Gasteiger partial charge on any atom is -0.492 e. The average molecular weight is 316 g/mol. The second-order valence-electron chi connectivity index (χ2n) is 4.76. The number of hydrogen-bond donors (Lipinski definition) is 1. The molecular formula is C16H16N2O3S. The third-order valence-corrected chi connectivity index (χ3v) is 5.04. The first-order valence-electron chi connectivity index (χ1n) is 6.88. The minimum atomic E-state index is -3.62. The summed E-state index contributed by atoms with van der Waals surface area (Å²) >= 11 is 0. The summed E-state index contributed by atoms with van der Waals surface area (Å²) in [4.78, 5) is 0.251. The lowest BCUT2D eigenvalue weighted by Crippen LogP contribution is -2.12. The lowest BCUT2D eigenvalue weighted by molar-refractivity contribution is 0.332. The molecule has 114 valence electrons. The molecule has 0 radical (unpaired) electrons. The maximum Gasteiger partial charge on any atom is 0.268 e. The van der Waals surface area contributed by atoms with E-state index in [1.807, 2.05) is 0 Å². The highest BCUT2D eigenvalue weighted by molar-refractivity contribution is 7.90. The first-order chi connectivity index (χ1) is 10.6. The third kappa shape index (κ3) is 2.47. The summed E-state index contributed by atoms with van der Waals surface area (Å²) in [5, 5.41) is 0.746. The molecule has 2 aromatic carbocycles. The van der Waals surface area contributed by atoms with Gasteiger partial charge in [0.25, 0.3) is 10.0 Å². The van der Waals surface area contributed by atoms with Crippen molar-refractivity contribution in [1.82, 2.24) is 3.97 Å². The lowest BCUT2D eigenvalue weighted by Gasteiger charge is -2.09. The van der Waals surface area contributed by atoms with E-state index in [4.69, 9.17) is 10.5 Å². The zero-order chi connectivity index (χ0) is 15.6. The fourth-order valence-corrected chi connectivity index (χ4v) is 3.69. The number of hydrogen-bond acceptors (Lipinski definition) is 4. The summed E-state index contributed by atoms with van der Waals surface area (Å²) in [5.74, 6) is 0.630. The standard InChI is InChI=1S/C16H16N2O3S/c17-10-12-21-16-8-4-7-15-14(16)9-11-18(15)22(19,20)13-5-2-1-3-6-13/h1-9,11H,10,12,17H2. The number of ether oxygens (including phenoxy) is 1. The molecule has 0 aliphatic rings. The Morgan fingerprint density at radius 2 is 1.77 bits per heavy atom. The van der Waals surface area contributed by atoms with Gasteiger partial charge < -0.3 is 10.5 Å². The lowest BCUT2D eigenvalue weighted by atomic mass is 10.2. The van der Waals surface area contributed by atoms with E-state index in [1.165, 1.54) is 3.97 Å². The zero-order valence-corrected chi connectivity index (χ0v) is 12.7. The van der Waals surface area contributed by atoms with Crippen LogP contribution in [0, 0.1) is 0 Å². The zero-order valence-electron chi connectivity index (χ0n) is 11.8. The van der Waals surface area contributed by atoms with Crippen LogP contribution in [-0.4, -0.2) is 25.5 Å². The maximum absolute atomic E-state index is 12.7. The molecule has 0 spiro atoms. The summed E-state index contributed by atoms with van der Waals surface area (Å²) in [7, 11) is -3.62. The van der Waals surface area contributed by atoms with Crippen molar-refractivity contribution in [2.75, 3.05) is 13.2 Å². The number of nitrogens with zero attached hydrogens (tertiary/aromatic N) is 1. The average Bonchev–Trinajstić information content (AvgIpc) is 2.99. The largest absolute Gasteiger partial charge is 0.492 e. The fraction of sp³-hybridized carbons (Fsp3) is 0.125. The Morgan fingerprint density at radius 3 is 2.50 bits per heavy atom. The molecule has 0 unspecified atom stereocenters. The second kappa shape index (κ2) is 5.82. The molecule has 0 fully saturated rings. The Labute approximate surface area is 129 Å². The van der Waals surface area contributed by atoms with Crippen molar-refractivity contribution in [2.24, 2.45) is 5.73 Å². The number of nitrogens with two attached hydrogens (primary N) is 1. The number of benzene rings is 2. The Balaban J connectivity index is 2.13. The first kappa shape index (κ1) is 14.6. The molecule has 3 rings (SSSR count). The topological polar surface area (TPSA) is 74.3 Å². The molecule has 2 N–H and O–H groups in total. The van der Waals surface area contributed by atoms with Crippen LogP contribution in [-0.2, 0) is 10.0 Å². The van der Waals surface area contributed by atoms with Crippen LogP contribution in [0.5, 0.6) is 5.75 Å². The molecule has 0 amide bonds.